The molecule has 0 amide bonds. The Hall–Kier alpha value is -1.10. The highest BCUT2D eigenvalue weighted by Gasteiger charge is 2.05. The molecule has 0 N–H and O–H groups in total. The summed E-state index contributed by atoms with van der Waals surface area (Å²) in [5.74, 6) is 0.851. The minimum atomic E-state index is 0.546. The zero-order valence-corrected chi connectivity index (χ0v) is 13.2. The van der Waals surface area contributed by atoms with Crippen molar-refractivity contribution in [2.45, 2.75) is 6.42 Å². The summed E-state index contributed by atoms with van der Waals surface area (Å²) in [6.45, 7) is 2.57. The van der Waals surface area contributed by atoms with Gasteiger partial charge in [-0.1, -0.05) is 30.3 Å². The number of fused-ring (bicyclic) bond motifs is 1. The quantitative estimate of drug-likeness (QED) is 0.680. The van der Waals surface area contributed by atoms with Crippen LogP contribution in [-0.4, -0.2) is 33.5 Å². The molecule has 0 saturated carbocycles. The van der Waals surface area contributed by atoms with Crippen LogP contribution >= 0.6 is 15.9 Å². The van der Waals surface area contributed by atoms with Crippen LogP contribution in [0.15, 0.2) is 40.9 Å². The van der Waals surface area contributed by atoms with E-state index in [2.05, 4.69) is 34.1 Å². The van der Waals surface area contributed by atoms with Crippen LogP contribution in [-0.2, 0) is 9.47 Å². The molecule has 0 radical (unpaired) electrons. The fourth-order valence-corrected chi connectivity index (χ4v) is 2.55. The molecule has 0 aliphatic rings. The summed E-state index contributed by atoms with van der Waals surface area (Å²) in [7, 11) is 1.69. The Bertz CT molecular complexity index is 542. The van der Waals surface area contributed by atoms with Gasteiger partial charge in [-0.2, -0.15) is 0 Å². The van der Waals surface area contributed by atoms with Gasteiger partial charge in [-0.3, -0.25) is 0 Å². The molecule has 0 aliphatic heterocycles. The summed E-state index contributed by atoms with van der Waals surface area (Å²) >= 11 is 3.60. The van der Waals surface area contributed by atoms with Gasteiger partial charge in [-0.05, 0) is 39.2 Å². The first kappa shape index (κ1) is 15.3. The van der Waals surface area contributed by atoms with Crippen molar-refractivity contribution in [3.63, 3.8) is 0 Å². The highest BCUT2D eigenvalue weighted by atomic mass is 79.9. The Kier molecular flexibility index (Phi) is 6.30. The van der Waals surface area contributed by atoms with Gasteiger partial charge in [0, 0.05) is 20.3 Å². The smallest absolute Gasteiger partial charge is 0.134 e. The third-order valence-electron chi connectivity index (χ3n) is 2.95. The number of rotatable bonds is 8. The molecule has 0 spiro atoms. The molecular weight excluding hydrogens is 320 g/mol. The first-order valence-corrected chi connectivity index (χ1v) is 7.49. The molecule has 0 bridgehead atoms. The zero-order chi connectivity index (χ0) is 14.2. The second-order valence-electron chi connectivity index (χ2n) is 4.41. The van der Waals surface area contributed by atoms with E-state index in [1.807, 2.05) is 18.2 Å². The van der Waals surface area contributed by atoms with E-state index in [0.29, 0.717) is 19.8 Å². The molecule has 0 aromatic heterocycles. The summed E-state index contributed by atoms with van der Waals surface area (Å²) in [5, 5.41) is 2.36. The van der Waals surface area contributed by atoms with Crippen molar-refractivity contribution in [1.29, 1.82) is 0 Å². The molecule has 0 heterocycles. The minimum Gasteiger partial charge on any atom is -0.490 e. The van der Waals surface area contributed by atoms with Crippen molar-refractivity contribution in [3.8, 4) is 5.75 Å². The van der Waals surface area contributed by atoms with Gasteiger partial charge in [0.15, 0.2) is 0 Å². The average molecular weight is 339 g/mol. The molecule has 2 aromatic rings. The summed E-state index contributed by atoms with van der Waals surface area (Å²) in [6, 6.07) is 12.3. The van der Waals surface area contributed by atoms with Crippen LogP contribution in [0.4, 0.5) is 0 Å². The van der Waals surface area contributed by atoms with Gasteiger partial charge in [0.2, 0.25) is 0 Å². The fourth-order valence-electron chi connectivity index (χ4n) is 1.94. The number of halogens is 1. The Balaban J connectivity index is 1.83. The van der Waals surface area contributed by atoms with Crippen LogP contribution in [0.5, 0.6) is 5.75 Å². The number of hydrogen-bond donors (Lipinski definition) is 0. The van der Waals surface area contributed by atoms with Crippen molar-refractivity contribution in [2.75, 3.05) is 33.5 Å². The Labute approximate surface area is 128 Å². The summed E-state index contributed by atoms with van der Waals surface area (Å²) in [5.41, 5.74) is 0. The van der Waals surface area contributed by atoms with E-state index in [1.165, 1.54) is 5.39 Å². The van der Waals surface area contributed by atoms with Crippen LogP contribution < -0.4 is 4.74 Å². The largest absolute Gasteiger partial charge is 0.490 e. The van der Waals surface area contributed by atoms with Gasteiger partial charge < -0.3 is 14.2 Å². The highest BCUT2D eigenvalue weighted by molar-refractivity contribution is 9.10. The lowest BCUT2D eigenvalue weighted by Gasteiger charge is -2.10. The van der Waals surface area contributed by atoms with Gasteiger partial charge in [0.05, 0.1) is 11.1 Å². The molecule has 108 valence electrons. The third kappa shape index (κ3) is 4.20. The van der Waals surface area contributed by atoms with Crippen LogP contribution in [0.1, 0.15) is 6.42 Å². The molecule has 20 heavy (non-hydrogen) atoms. The normalized spacial score (nSPS) is 10.9. The predicted molar refractivity (Wildman–Crippen MR) is 84.5 cm³/mol. The fraction of sp³-hybridized carbons (Fsp3) is 0.375. The lowest BCUT2D eigenvalue weighted by Crippen LogP contribution is -2.08. The summed E-state index contributed by atoms with van der Waals surface area (Å²) < 4.78 is 17.2. The number of hydrogen-bond acceptors (Lipinski definition) is 3. The van der Waals surface area contributed by atoms with E-state index >= 15 is 0 Å². The zero-order valence-electron chi connectivity index (χ0n) is 11.6. The summed E-state index contributed by atoms with van der Waals surface area (Å²) in [4.78, 5) is 0. The predicted octanol–water partition coefficient (Wildman–Crippen LogP) is 4.03. The summed E-state index contributed by atoms with van der Waals surface area (Å²) in [6.07, 6.45) is 0.913. The number of methoxy groups -OCH3 is 1. The number of ether oxygens (including phenoxy) is 3. The van der Waals surface area contributed by atoms with Gasteiger partial charge >= 0.3 is 0 Å². The molecule has 2 rings (SSSR count). The average Bonchev–Trinajstić information content (AvgIpc) is 2.49. The molecule has 4 heteroatoms. The van der Waals surface area contributed by atoms with Gasteiger partial charge in [-0.25, -0.2) is 0 Å². The molecule has 0 fully saturated rings. The molecule has 3 nitrogen and oxygen atoms in total. The standard InChI is InChI=1S/C16H19BrO3/c1-18-9-4-10-19-11-12-20-15-8-7-13-5-2-3-6-14(13)16(15)17/h2-3,5-8H,4,9-12H2,1H3. The van der Waals surface area contributed by atoms with Gasteiger partial charge in [0.1, 0.15) is 12.4 Å². The maximum atomic E-state index is 5.75. The highest BCUT2D eigenvalue weighted by Crippen LogP contribution is 2.32. The molecule has 0 atom stereocenters. The van der Waals surface area contributed by atoms with Crippen molar-refractivity contribution < 1.29 is 14.2 Å². The molecule has 2 aromatic carbocycles. The van der Waals surface area contributed by atoms with E-state index in [-0.39, 0.29) is 0 Å². The molecule has 0 saturated heterocycles. The maximum Gasteiger partial charge on any atom is 0.134 e. The Morgan fingerprint density at radius 3 is 2.65 bits per heavy atom. The second kappa shape index (κ2) is 8.25. The van der Waals surface area contributed by atoms with Crippen molar-refractivity contribution in [1.82, 2.24) is 0 Å². The Morgan fingerprint density at radius 1 is 0.950 bits per heavy atom. The number of benzene rings is 2. The van der Waals surface area contributed by atoms with Crippen molar-refractivity contribution in [3.05, 3.63) is 40.9 Å². The van der Waals surface area contributed by atoms with E-state index in [0.717, 1.165) is 28.6 Å². The molecular formula is C16H19BrO3. The van der Waals surface area contributed by atoms with Crippen LogP contribution in [0.2, 0.25) is 0 Å². The van der Waals surface area contributed by atoms with Gasteiger partial charge in [-0.15, -0.1) is 0 Å². The first-order chi connectivity index (χ1) is 9.83. The minimum absolute atomic E-state index is 0.546. The van der Waals surface area contributed by atoms with E-state index in [4.69, 9.17) is 14.2 Å². The lowest BCUT2D eigenvalue weighted by atomic mass is 10.1. The van der Waals surface area contributed by atoms with Crippen molar-refractivity contribution >= 4 is 26.7 Å². The van der Waals surface area contributed by atoms with E-state index in [1.54, 1.807) is 7.11 Å². The lowest BCUT2D eigenvalue weighted by molar-refractivity contribution is 0.0805. The van der Waals surface area contributed by atoms with E-state index in [9.17, 15) is 0 Å². The molecule has 0 unspecified atom stereocenters. The monoisotopic (exact) mass is 338 g/mol. The van der Waals surface area contributed by atoms with Crippen molar-refractivity contribution in [2.24, 2.45) is 0 Å². The van der Waals surface area contributed by atoms with Gasteiger partial charge in [0.25, 0.3) is 0 Å². The Morgan fingerprint density at radius 2 is 1.80 bits per heavy atom. The van der Waals surface area contributed by atoms with Crippen LogP contribution in [0.3, 0.4) is 0 Å². The van der Waals surface area contributed by atoms with E-state index < -0.39 is 0 Å². The molecule has 0 aliphatic carbocycles. The SMILES string of the molecule is COCCCOCCOc1ccc2ccccc2c1Br. The maximum absolute atomic E-state index is 5.75. The topological polar surface area (TPSA) is 27.7 Å². The van der Waals surface area contributed by atoms with Crippen LogP contribution in [0.25, 0.3) is 10.8 Å². The second-order valence-corrected chi connectivity index (χ2v) is 5.20. The first-order valence-electron chi connectivity index (χ1n) is 6.69. The van der Waals surface area contributed by atoms with Crippen LogP contribution in [0, 0.1) is 0 Å². The third-order valence-corrected chi connectivity index (χ3v) is 3.77.